The summed E-state index contributed by atoms with van der Waals surface area (Å²) in [4.78, 5) is 27.5. The maximum atomic E-state index is 12.9. The number of furan rings is 1. The highest BCUT2D eigenvalue weighted by molar-refractivity contribution is 7.18. The van der Waals surface area contributed by atoms with Crippen molar-refractivity contribution in [3.05, 3.63) is 55.4 Å². The van der Waals surface area contributed by atoms with Crippen LogP contribution in [0.15, 0.2) is 32.4 Å². The molecule has 0 unspecified atom stereocenters. The van der Waals surface area contributed by atoms with Crippen molar-refractivity contribution in [2.75, 3.05) is 0 Å². The zero-order chi connectivity index (χ0) is 15.3. The Bertz CT molecular complexity index is 960. The van der Waals surface area contributed by atoms with E-state index in [1.165, 1.54) is 9.44 Å². The van der Waals surface area contributed by atoms with Crippen LogP contribution in [0.25, 0.3) is 10.2 Å². The van der Waals surface area contributed by atoms with Crippen LogP contribution in [0.2, 0.25) is 0 Å². The van der Waals surface area contributed by atoms with Gasteiger partial charge in [-0.3, -0.25) is 13.9 Å². The quantitative estimate of drug-likeness (QED) is 0.729. The zero-order valence-electron chi connectivity index (χ0n) is 12.3. The van der Waals surface area contributed by atoms with E-state index < -0.39 is 0 Å². The summed E-state index contributed by atoms with van der Waals surface area (Å²) < 4.78 is 8.17. The molecule has 0 N–H and O–H groups in total. The number of nitrogens with zero attached hydrogens (tertiary/aromatic N) is 2. The van der Waals surface area contributed by atoms with E-state index in [4.69, 9.17) is 4.42 Å². The van der Waals surface area contributed by atoms with Gasteiger partial charge in [0.1, 0.15) is 10.6 Å². The van der Waals surface area contributed by atoms with Crippen molar-refractivity contribution < 1.29 is 4.42 Å². The van der Waals surface area contributed by atoms with Gasteiger partial charge in [0.2, 0.25) is 0 Å². The van der Waals surface area contributed by atoms with Crippen LogP contribution >= 0.6 is 11.3 Å². The number of aryl methyl sites for hydroxylation is 3. The van der Waals surface area contributed by atoms with Crippen LogP contribution in [0.5, 0.6) is 0 Å². The van der Waals surface area contributed by atoms with Gasteiger partial charge in [-0.1, -0.05) is 0 Å². The van der Waals surface area contributed by atoms with Crippen LogP contribution in [-0.2, 0) is 26.4 Å². The topological polar surface area (TPSA) is 57.1 Å². The van der Waals surface area contributed by atoms with Gasteiger partial charge < -0.3 is 4.42 Å². The molecule has 114 valence electrons. The van der Waals surface area contributed by atoms with Crippen LogP contribution in [-0.4, -0.2) is 9.13 Å². The second-order valence-electron chi connectivity index (χ2n) is 5.70. The number of thiophene rings is 1. The summed E-state index contributed by atoms with van der Waals surface area (Å²) in [5.74, 6) is 0.614. The molecule has 22 heavy (non-hydrogen) atoms. The van der Waals surface area contributed by atoms with Gasteiger partial charge in [-0.2, -0.15) is 0 Å². The summed E-state index contributed by atoms with van der Waals surface area (Å²) in [6.45, 7) is 0.180. The van der Waals surface area contributed by atoms with Crippen LogP contribution in [0.3, 0.4) is 0 Å². The second kappa shape index (κ2) is 4.98. The van der Waals surface area contributed by atoms with Crippen molar-refractivity contribution in [3.63, 3.8) is 0 Å². The molecule has 0 spiro atoms. The average molecular weight is 316 g/mol. The lowest BCUT2D eigenvalue weighted by Gasteiger charge is -2.11. The number of fused-ring (bicyclic) bond motifs is 3. The molecular formula is C16H16N2O3S. The molecule has 5 nitrogen and oxygen atoms in total. The van der Waals surface area contributed by atoms with Crippen LogP contribution < -0.4 is 11.2 Å². The predicted molar refractivity (Wildman–Crippen MR) is 85.8 cm³/mol. The highest BCUT2D eigenvalue weighted by Crippen LogP contribution is 2.33. The lowest BCUT2D eigenvalue weighted by atomic mass is 9.97. The first-order valence-electron chi connectivity index (χ1n) is 7.43. The third-order valence-electron chi connectivity index (χ3n) is 4.33. The first-order chi connectivity index (χ1) is 10.7. The molecule has 1 aliphatic carbocycles. The van der Waals surface area contributed by atoms with E-state index in [-0.39, 0.29) is 17.8 Å². The largest absolute Gasteiger partial charge is 0.467 e. The Hall–Kier alpha value is -2.08. The van der Waals surface area contributed by atoms with Gasteiger partial charge >= 0.3 is 5.69 Å². The van der Waals surface area contributed by atoms with Crippen molar-refractivity contribution in [2.45, 2.75) is 32.2 Å². The van der Waals surface area contributed by atoms with Gasteiger partial charge in [0.15, 0.2) is 0 Å². The fourth-order valence-corrected chi connectivity index (χ4v) is 4.53. The highest BCUT2D eigenvalue weighted by Gasteiger charge is 2.22. The van der Waals surface area contributed by atoms with Crippen molar-refractivity contribution in [2.24, 2.45) is 7.05 Å². The van der Waals surface area contributed by atoms with Gasteiger partial charge in [-0.15, -0.1) is 11.3 Å². The summed E-state index contributed by atoms with van der Waals surface area (Å²) in [7, 11) is 1.74. The van der Waals surface area contributed by atoms with Crippen molar-refractivity contribution in [1.29, 1.82) is 0 Å². The molecule has 0 aromatic carbocycles. The zero-order valence-corrected chi connectivity index (χ0v) is 13.1. The SMILES string of the molecule is Cn1c(=O)n(Cc2ccco2)c(=O)c2c3c(sc21)CCCC3. The molecule has 4 rings (SSSR count). The molecule has 1 aliphatic rings. The molecule has 0 radical (unpaired) electrons. The van der Waals surface area contributed by atoms with Crippen LogP contribution in [0, 0.1) is 0 Å². The van der Waals surface area contributed by atoms with Gasteiger partial charge in [0, 0.05) is 11.9 Å². The minimum Gasteiger partial charge on any atom is -0.467 e. The maximum Gasteiger partial charge on any atom is 0.332 e. The normalized spacial score (nSPS) is 14.4. The molecule has 3 aromatic heterocycles. The number of rotatable bonds is 2. The molecule has 0 saturated carbocycles. The molecule has 0 fully saturated rings. The minimum absolute atomic E-state index is 0.180. The number of aromatic nitrogens is 2. The standard InChI is InChI=1S/C16H16N2O3S/c1-17-15-13(11-6-2-3-7-12(11)22-15)14(19)18(16(17)20)9-10-5-4-8-21-10/h4-5,8H,2-3,6-7,9H2,1H3. The molecule has 0 bridgehead atoms. The monoisotopic (exact) mass is 316 g/mol. The lowest BCUT2D eigenvalue weighted by Crippen LogP contribution is -2.39. The van der Waals surface area contributed by atoms with E-state index in [0.29, 0.717) is 5.76 Å². The Labute approximate surface area is 130 Å². The third-order valence-corrected chi connectivity index (χ3v) is 5.70. The summed E-state index contributed by atoms with van der Waals surface area (Å²) in [6, 6.07) is 3.54. The van der Waals surface area contributed by atoms with Crippen molar-refractivity contribution >= 4 is 21.6 Å². The lowest BCUT2D eigenvalue weighted by molar-refractivity contribution is 0.481. The molecule has 0 saturated heterocycles. The van der Waals surface area contributed by atoms with E-state index in [1.807, 2.05) is 0 Å². The van der Waals surface area contributed by atoms with Crippen molar-refractivity contribution in [1.82, 2.24) is 9.13 Å². The highest BCUT2D eigenvalue weighted by atomic mass is 32.1. The van der Waals surface area contributed by atoms with E-state index in [1.54, 1.807) is 41.3 Å². The van der Waals surface area contributed by atoms with E-state index in [2.05, 4.69) is 0 Å². The Kier molecular flexibility index (Phi) is 3.07. The summed E-state index contributed by atoms with van der Waals surface area (Å²) in [6.07, 6.45) is 5.77. The molecule has 0 amide bonds. The first kappa shape index (κ1) is 13.6. The Morgan fingerprint density at radius 3 is 2.86 bits per heavy atom. The third kappa shape index (κ3) is 1.90. The minimum atomic E-state index is -0.285. The Morgan fingerprint density at radius 2 is 2.09 bits per heavy atom. The van der Waals surface area contributed by atoms with Gasteiger partial charge in [-0.05, 0) is 43.4 Å². The van der Waals surface area contributed by atoms with Crippen LogP contribution in [0.4, 0.5) is 0 Å². The maximum absolute atomic E-state index is 12.9. The smallest absolute Gasteiger partial charge is 0.332 e. The fraction of sp³-hybridized carbons (Fsp3) is 0.375. The van der Waals surface area contributed by atoms with Crippen LogP contribution in [0.1, 0.15) is 29.0 Å². The first-order valence-corrected chi connectivity index (χ1v) is 8.25. The number of hydrogen-bond donors (Lipinski definition) is 0. The average Bonchev–Trinajstić information content (AvgIpc) is 3.16. The number of hydrogen-bond acceptors (Lipinski definition) is 4. The van der Waals surface area contributed by atoms with Gasteiger partial charge in [0.25, 0.3) is 5.56 Å². The van der Waals surface area contributed by atoms with Crippen molar-refractivity contribution in [3.8, 4) is 0 Å². The summed E-state index contributed by atoms with van der Waals surface area (Å²) in [5, 5.41) is 0.730. The second-order valence-corrected chi connectivity index (χ2v) is 6.79. The molecular weight excluding hydrogens is 300 g/mol. The summed E-state index contributed by atoms with van der Waals surface area (Å²) in [5.41, 5.74) is 0.682. The van der Waals surface area contributed by atoms with Gasteiger partial charge in [0.05, 0.1) is 18.2 Å². The van der Waals surface area contributed by atoms with E-state index in [0.717, 1.165) is 41.5 Å². The van der Waals surface area contributed by atoms with Gasteiger partial charge in [-0.25, -0.2) is 4.79 Å². The molecule has 3 heterocycles. The fourth-order valence-electron chi connectivity index (χ4n) is 3.20. The van der Waals surface area contributed by atoms with E-state index >= 15 is 0 Å². The van der Waals surface area contributed by atoms with E-state index in [9.17, 15) is 9.59 Å². The molecule has 0 aliphatic heterocycles. The molecule has 6 heteroatoms. The predicted octanol–water partition coefficient (Wildman–Crippen LogP) is 2.28. The summed E-state index contributed by atoms with van der Waals surface area (Å²) >= 11 is 1.60. The molecule has 3 aromatic rings. The molecule has 0 atom stereocenters. The Balaban J connectivity index is 2.02. The Morgan fingerprint density at radius 1 is 1.27 bits per heavy atom.